The van der Waals surface area contributed by atoms with Gasteiger partial charge in [-0.1, -0.05) is 46.4 Å². The second kappa shape index (κ2) is 4.90. The lowest BCUT2D eigenvalue weighted by Gasteiger charge is -2.14. The maximum absolute atomic E-state index is 11.1. The Bertz CT molecular complexity index is 518. The van der Waals surface area contributed by atoms with Crippen LogP contribution in [0.2, 0.25) is 10.3 Å². The summed E-state index contributed by atoms with van der Waals surface area (Å²) in [6.45, 7) is 0. The Balaban J connectivity index is 2.20. The van der Waals surface area contributed by atoms with Gasteiger partial charge in [-0.3, -0.25) is 0 Å². The van der Waals surface area contributed by atoms with Crippen LogP contribution in [0, 0.1) is 0 Å². The van der Waals surface area contributed by atoms with E-state index in [4.69, 9.17) is 51.1 Å². The minimum atomic E-state index is -0.864. The number of cyclic esters (lactones) is 1. The van der Waals surface area contributed by atoms with Crippen LogP contribution in [0.1, 0.15) is 0 Å². The third-order valence-corrected chi connectivity index (χ3v) is 3.29. The zero-order valence-corrected chi connectivity index (χ0v) is 11.0. The van der Waals surface area contributed by atoms with Crippen molar-refractivity contribution in [3.05, 3.63) is 32.5 Å². The fraction of sp³-hybridized carbons (Fsp3) is 0.111. The highest BCUT2D eigenvalue weighted by Crippen LogP contribution is 2.31. The molecule has 0 fully saturated rings. The predicted octanol–water partition coefficient (Wildman–Crippen LogP) is 3.37. The van der Waals surface area contributed by atoms with Gasteiger partial charge in [0.05, 0.1) is 5.69 Å². The molecule has 4 nitrogen and oxygen atoms in total. The highest BCUT2D eigenvalue weighted by Gasteiger charge is 2.32. The number of halogens is 4. The van der Waals surface area contributed by atoms with Crippen molar-refractivity contribution in [1.82, 2.24) is 4.98 Å². The molecule has 8 heteroatoms. The Kier molecular flexibility index (Phi) is 3.68. The molecule has 1 aromatic rings. The SMILES string of the molecule is O=C1O[C@H](Nc2ccc(Cl)nc2Cl)C(Cl)=C1Cl. The molecular weight excluding hydrogens is 310 g/mol. The summed E-state index contributed by atoms with van der Waals surface area (Å²) in [5.41, 5.74) is 0.429. The van der Waals surface area contributed by atoms with Gasteiger partial charge in [-0.25, -0.2) is 9.78 Å². The maximum Gasteiger partial charge on any atom is 0.353 e. The van der Waals surface area contributed by atoms with Crippen LogP contribution in [0.4, 0.5) is 5.69 Å². The highest BCUT2D eigenvalue weighted by molar-refractivity contribution is 6.48. The Morgan fingerprint density at radius 2 is 1.94 bits per heavy atom. The fourth-order valence-corrected chi connectivity index (χ4v) is 1.90. The number of anilines is 1. The minimum absolute atomic E-state index is 0.0719. The molecule has 2 heterocycles. The van der Waals surface area contributed by atoms with Gasteiger partial charge in [-0.2, -0.15) is 0 Å². The smallest absolute Gasteiger partial charge is 0.353 e. The van der Waals surface area contributed by atoms with E-state index in [1.54, 1.807) is 6.07 Å². The number of hydrogen-bond acceptors (Lipinski definition) is 4. The van der Waals surface area contributed by atoms with Crippen LogP contribution in [0.15, 0.2) is 22.2 Å². The van der Waals surface area contributed by atoms with Crippen molar-refractivity contribution in [2.45, 2.75) is 6.23 Å². The van der Waals surface area contributed by atoms with E-state index in [1.807, 2.05) is 0 Å². The standard InChI is InChI=1S/C9H4Cl4N2O2/c10-4-2-1-3(7(13)15-4)14-8-5(11)6(12)9(16)17-8/h1-2,8,14H/t8-/m0/s1. The topological polar surface area (TPSA) is 51.2 Å². The summed E-state index contributed by atoms with van der Waals surface area (Å²) in [6.07, 6.45) is -0.864. The Morgan fingerprint density at radius 3 is 2.47 bits per heavy atom. The fourth-order valence-electron chi connectivity index (χ4n) is 1.18. The lowest BCUT2D eigenvalue weighted by atomic mass is 10.4. The molecule has 17 heavy (non-hydrogen) atoms. The van der Waals surface area contributed by atoms with Crippen molar-refractivity contribution in [1.29, 1.82) is 0 Å². The first kappa shape index (κ1) is 12.8. The molecule has 1 atom stereocenters. The summed E-state index contributed by atoms with van der Waals surface area (Å²) in [6, 6.07) is 3.12. The molecule has 1 aliphatic rings. The van der Waals surface area contributed by atoms with Crippen LogP contribution < -0.4 is 5.32 Å². The number of aromatic nitrogens is 1. The van der Waals surface area contributed by atoms with Gasteiger partial charge < -0.3 is 10.1 Å². The van der Waals surface area contributed by atoms with E-state index in [9.17, 15) is 4.79 Å². The van der Waals surface area contributed by atoms with Crippen molar-refractivity contribution in [3.63, 3.8) is 0 Å². The van der Waals surface area contributed by atoms with Crippen molar-refractivity contribution < 1.29 is 9.53 Å². The number of rotatable bonds is 2. The van der Waals surface area contributed by atoms with Crippen LogP contribution in [-0.2, 0) is 9.53 Å². The van der Waals surface area contributed by atoms with Crippen LogP contribution >= 0.6 is 46.4 Å². The van der Waals surface area contributed by atoms with Gasteiger partial charge in [0.15, 0.2) is 5.15 Å². The quantitative estimate of drug-likeness (QED) is 0.672. The number of ether oxygens (including phenoxy) is 1. The van der Waals surface area contributed by atoms with Gasteiger partial charge in [-0.15, -0.1) is 0 Å². The second-order valence-corrected chi connectivity index (χ2v) is 4.59. The van der Waals surface area contributed by atoms with E-state index < -0.39 is 12.2 Å². The molecule has 0 aliphatic carbocycles. The number of nitrogens with one attached hydrogen (secondary N) is 1. The molecular formula is C9H4Cl4N2O2. The highest BCUT2D eigenvalue weighted by atomic mass is 35.5. The van der Waals surface area contributed by atoms with Crippen LogP contribution in [-0.4, -0.2) is 17.2 Å². The number of hydrogen-bond donors (Lipinski definition) is 1. The number of esters is 1. The number of nitrogens with zero attached hydrogens (tertiary/aromatic N) is 1. The molecule has 0 aromatic carbocycles. The van der Waals surface area contributed by atoms with Gasteiger partial charge >= 0.3 is 5.97 Å². The van der Waals surface area contributed by atoms with Crippen molar-refractivity contribution in [2.75, 3.05) is 5.32 Å². The Morgan fingerprint density at radius 1 is 1.24 bits per heavy atom. The van der Waals surface area contributed by atoms with Gasteiger partial charge in [0.1, 0.15) is 15.2 Å². The normalized spacial score (nSPS) is 19.5. The number of pyridine rings is 1. The molecule has 0 spiro atoms. The molecule has 0 saturated heterocycles. The average molecular weight is 314 g/mol. The minimum Gasteiger partial charge on any atom is -0.432 e. The van der Waals surface area contributed by atoms with Crippen molar-refractivity contribution >= 4 is 58.1 Å². The lowest BCUT2D eigenvalue weighted by Crippen LogP contribution is -2.21. The summed E-state index contributed by atoms with van der Waals surface area (Å²) in [4.78, 5) is 14.9. The molecule has 0 unspecified atom stereocenters. The average Bonchev–Trinajstić information content (AvgIpc) is 2.50. The zero-order chi connectivity index (χ0) is 12.6. The summed E-state index contributed by atoms with van der Waals surface area (Å²) in [5.74, 6) is -0.688. The molecule has 0 saturated carbocycles. The monoisotopic (exact) mass is 312 g/mol. The molecule has 0 bridgehead atoms. The molecule has 1 N–H and O–H groups in total. The van der Waals surface area contributed by atoms with Gasteiger partial charge in [0.25, 0.3) is 0 Å². The Hall–Kier alpha value is -0.680. The summed E-state index contributed by atoms with van der Waals surface area (Å²) in [7, 11) is 0. The largest absolute Gasteiger partial charge is 0.432 e. The molecule has 90 valence electrons. The van der Waals surface area contributed by atoms with E-state index in [1.165, 1.54) is 6.07 Å². The Labute approximate surface area is 116 Å². The van der Waals surface area contributed by atoms with Gasteiger partial charge in [-0.05, 0) is 12.1 Å². The van der Waals surface area contributed by atoms with E-state index in [-0.39, 0.29) is 20.4 Å². The van der Waals surface area contributed by atoms with Crippen molar-refractivity contribution in [2.24, 2.45) is 0 Å². The first-order valence-corrected chi connectivity index (χ1v) is 5.85. The summed E-state index contributed by atoms with van der Waals surface area (Å²) in [5, 5.41) is 3.09. The van der Waals surface area contributed by atoms with Crippen LogP contribution in [0.3, 0.4) is 0 Å². The third kappa shape index (κ3) is 2.60. The van der Waals surface area contributed by atoms with E-state index in [2.05, 4.69) is 10.3 Å². The van der Waals surface area contributed by atoms with E-state index >= 15 is 0 Å². The van der Waals surface area contributed by atoms with Gasteiger partial charge in [0, 0.05) is 0 Å². The first-order chi connectivity index (χ1) is 7.99. The number of carbonyl (C=O) groups excluding carboxylic acids is 1. The van der Waals surface area contributed by atoms with E-state index in [0.717, 1.165) is 0 Å². The zero-order valence-electron chi connectivity index (χ0n) is 8.01. The summed E-state index contributed by atoms with van der Waals surface area (Å²) >= 11 is 22.9. The molecule has 0 amide bonds. The molecule has 1 aromatic heterocycles. The van der Waals surface area contributed by atoms with Gasteiger partial charge in [0.2, 0.25) is 6.23 Å². The predicted molar refractivity (Wildman–Crippen MR) is 66.5 cm³/mol. The maximum atomic E-state index is 11.1. The van der Waals surface area contributed by atoms with Crippen molar-refractivity contribution in [3.8, 4) is 0 Å². The number of carbonyl (C=O) groups is 1. The van der Waals surface area contributed by atoms with Crippen LogP contribution in [0.5, 0.6) is 0 Å². The summed E-state index contributed by atoms with van der Waals surface area (Å²) < 4.78 is 4.87. The first-order valence-electron chi connectivity index (χ1n) is 4.34. The lowest BCUT2D eigenvalue weighted by molar-refractivity contribution is -0.138. The molecule has 2 rings (SSSR count). The van der Waals surface area contributed by atoms with E-state index in [0.29, 0.717) is 5.69 Å². The molecule has 1 aliphatic heterocycles. The molecule has 0 radical (unpaired) electrons. The van der Waals surface area contributed by atoms with Crippen LogP contribution in [0.25, 0.3) is 0 Å². The second-order valence-electron chi connectivity index (χ2n) is 3.06. The third-order valence-electron chi connectivity index (χ3n) is 1.95.